The number of aromatic nitrogens is 2. The lowest BCUT2D eigenvalue weighted by Crippen LogP contribution is -2.52. The lowest BCUT2D eigenvalue weighted by molar-refractivity contribution is 0.101. The van der Waals surface area contributed by atoms with Crippen LogP contribution >= 0.6 is 0 Å². The summed E-state index contributed by atoms with van der Waals surface area (Å²) in [6.45, 7) is 3.72. The molecule has 1 unspecified atom stereocenters. The maximum absolute atomic E-state index is 13.5. The Labute approximate surface area is 195 Å². The van der Waals surface area contributed by atoms with Gasteiger partial charge >= 0.3 is 6.03 Å². The zero-order valence-corrected chi connectivity index (χ0v) is 19.1. The van der Waals surface area contributed by atoms with Crippen LogP contribution in [0.15, 0.2) is 67.1 Å². The minimum absolute atomic E-state index is 0.0192. The average molecular weight is 446 g/mol. The number of carbonyl (C=O) groups excluding carboxylic acids is 1. The lowest BCUT2D eigenvalue weighted by Gasteiger charge is -2.42. The molecule has 0 spiro atoms. The largest absolute Gasteiger partial charge is 0.491 e. The molecule has 1 N–H and O–H groups in total. The predicted molar refractivity (Wildman–Crippen MR) is 127 cm³/mol. The Bertz CT molecular complexity index is 1080. The smallest absolute Gasteiger partial charge is 0.318 e. The first-order valence-electron chi connectivity index (χ1n) is 11.7. The molecule has 0 aliphatic carbocycles. The summed E-state index contributed by atoms with van der Waals surface area (Å²) in [4.78, 5) is 22.3. The van der Waals surface area contributed by atoms with Gasteiger partial charge in [-0.2, -0.15) is 0 Å². The highest BCUT2D eigenvalue weighted by atomic mass is 16.5. The van der Waals surface area contributed by atoms with E-state index in [2.05, 4.69) is 42.9 Å². The summed E-state index contributed by atoms with van der Waals surface area (Å²) >= 11 is 0. The van der Waals surface area contributed by atoms with Gasteiger partial charge in [0.2, 0.25) is 0 Å². The lowest BCUT2D eigenvalue weighted by atomic mass is 9.92. The fraction of sp³-hybridized carbons (Fsp3) is 0.385. The number of ether oxygens (including phenoxy) is 1. The Morgan fingerprint density at radius 3 is 2.58 bits per heavy atom. The van der Waals surface area contributed by atoms with Gasteiger partial charge in [0.15, 0.2) is 0 Å². The monoisotopic (exact) mass is 445 g/mol. The van der Waals surface area contributed by atoms with Crippen LogP contribution in [0.3, 0.4) is 0 Å². The first-order valence-corrected chi connectivity index (χ1v) is 11.7. The van der Waals surface area contributed by atoms with Gasteiger partial charge in [0, 0.05) is 44.5 Å². The van der Waals surface area contributed by atoms with Crippen molar-refractivity contribution >= 4 is 6.03 Å². The van der Waals surface area contributed by atoms with Gasteiger partial charge < -0.3 is 19.5 Å². The molecular weight excluding hydrogens is 414 g/mol. The highest BCUT2D eigenvalue weighted by molar-refractivity contribution is 5.76. The van der Waals surface area contributed by atoms with Crippen LogP contribution in [0.25, 0.3) is 0 Å². The average Bonchev–Trinajstić information content (AvgIpc) is 3.28. The summed E-state index contributed by atoms with van der Waals surface area (Å²) in [5.74, 6) is 0.849. The molecule has 7 heteroatoms. The van der Waals surface area contributed by atoms with E-state index in [4.69, 9.17) is 4.74 Å². The minimum Gasteiger partial charge on any atom is -0.491 e. The number of benzene rings is 2. The van der Waals surface area contributed by atoms with Crippen LogP contribution in [0.5, 0.6) is 5.75 Å². The van der Waals surface area contributed by atoms with Crippen molar-refractivity contribution < 1.29 is 9.53 Å². The van der Waals surface area contributed by atoms with E-state index in [0.29, 0.717) is 13.2 Å². The Morgan fingerprint density at radius 2 is 1.82 bits per heavy atom. The quantitative estimate of drug-likeness (QED) is 0.667. The third-order valence-electron chi connectivity index (χ3n) is 6.73. The number of hydrogen-bond acceptors (Lipinski definition) is 4. The maximum Gasteiger partial charge on any atom is 0.318 e. The highest BCUT2D eigenvalue weighted by Crippen LogP contribution is 2.38. The minimum atomic E-state index is -0.200. The maximum atomic E-state index is 13.5. The van der Waals surface area contributed by atoms with Crippen LogP contribution in [0.1, 0.15) is 35.7 Å². The predicted octanol–water partition coefficient (Wildman–Crippen LogP) is 3.58. The summed E-state index contributed by atoms with van der Waals surface area (Å²) in [6.07, 6.45) is 5.64. The van der Waals surface area contributed by atoms with Crippen molar-refractivity contribution in [3.63, 3.8) is 0 Å². The van der Waals surface area contributed by atoms with E-state index in [1.165, 1.54) is 5.69 Å². The van der Waals surface area contributed by atoms with Crippen molar-refractivity contribution in [3.05, 3.63) is 83.9 Å². The zero-order chi connectivity index (χ0) is 22.6. The summed E-state index contributed by atoms with van der Waals surface area (Å²) in [6, 6.07) is 18.4. The molecule has 33 heavy (non-hydrogen) atoms. The third kappa shape index (κ3) is 4.59. The third-order valence-corrected chi connectivity index (χ3v) is 6.73. The van der Waals surface area contributed by atoms with Crippen molar-refractivity contribution in [2.75, 3.05) is 26.2 Å². The van der Waals surface area contributed by atoms with Gasteiger partial charge in [-0.1, -0.05) is 48.5 Å². The molecule has 0 saturated carbocycles. The number of nitrogens with zero attached hydrogens (tertiary/aromatic N) is 4. The molecule has 2 aromatic carbocycles. The number of imidazole rings is 1. The van der Waals surface area contributed by atoms with E-state index in [-0.39, 0.29) is 18.1 Å². The molecule has 0 bridgehead atoms. The van der Waals surface area contributed by atoms with Gasteiger partial charge in [-0.25, -0.2) is 9.78 Å². The molecule has 3 heterocycles. The van der Waals surface area contributed by atoms with E-state index in [1.807, 2.05) is 56.0 Å². The van der Waals surface area contributed by atoms with Gasteiger partial charge in [0.05, 0.1) is 24.6 Å². The molecule has 5 rings (SSSR count). The number of urea groups is 1. The van der Waals surface area contributed by atoms with Gasteiger partial charge in [-0.15, -0.1) is 0 Å². The molecule has 1 atom stereocenters. The van der Waals surface area contributed by atoms with E-state index < -0.39 is 0 Å². The molecule has 172 valence electrons. The van der Waals surface area contributed by atoms with E-state index in [1.54, 1.807) is 0 Å². The van der Waals surface area contributed by atoms with Gasteiger partial charge in [-0.3, -0.25) is 4.90 Å². The summed E-state index contributed by atoms with van der Waals surface area (Å²) < 4.78 is 8.15. The van der Waals surface area contributed by atoms with Crippen molar-refractivity contribution in [3.8, 4) is 5.75 Å². The number of amides is 2. The van der Waals surface area contributed by atoms with Crippen molar-refractivity contribution in [1.29, 1.82) is 0 Å². The highest BCUT2D eigenvalue weighted by Gasteiger charge is 2.36. The fourth-order valence-corrected chi connectivity index (χ4v) is 4.99. The SMILES string of the molecule is Cn1cncc1CN1CCC(N2C(=O)NCCOc3ccccc3C2c2ccccc2)CC1. The molecule has 1 fully saturated rings. The molecular formula is C26H31N5O2. The fourth-order valence-electron chi connectivity index (χ4n) is 4.99. The van der Waals surface area contributed by atoms with Gasteiger partial charge in [0.25, 0.3) is 0 Å². The Hall–Kier alpha value is -3.32. The Morgan fingerprint density at radius 1 is 1.06 bits per heavy atom. The van der Waals surface area contributed by atoms with Crippen LogP contribution in [-0.4, -0.2) is 57.7 Å². The molecule has 0 radical (unpaired) electrons. The second-order valence-corrected chi connectivity index (χ2v) is 8.84. The van der Waals surface area contributed by atoms with Crippen molar-refractivity contribution in [2.45, 2.75) is 31.5 Å². The molecule has 2 amide bonds. The number of para-hydroxylation sites is 1. The first kappa shape index (κ1) is 21.5. The van der Waals surface area contributed by atoms with E-state index in [9.17, 15) is 4.79 Å². The van der Waals surface area contributed by atoms with E-state index in [0.717, 1.165) is 49.4 Å². The van der Waals surface area contributed by atoms with Crippen molar-refractivity contribution in [2.24, 2.45) is 7.05 Å². The number of rotatable bonds is 4. The van der Waals surface area contributed by atoms with Crippen LogP contribution in [0.2, 0.25) is 0 Å². The Balaban J connectivity index is 1.45. The summed E-state index contributed by atoms with van der Waals surface area (Å²) in [5, 5.41) is 3.10. The molecule has 3 aromatic rings. The second kappa shape index (κ2) is 9.67. The van der Waals surface area contributed by atoms with Crippen LogP contribution in [0.4, 0.5) is 4.79 Å². The number of aryl methyl sites for hydroxylation is 1. The van der Waals surface area contributed by atoms with Gasteiger partial charge in [0.1, 0.15) is 12.4 Å². The Kier molecular flexibility index (Phi) is 6.30. The first-order chi connectivity index (χ1) is 16.2. The molecule has 2 aliphatic rings. The molecule has 1 aromatic heterocycles. The van der Waals surface area contributed by atoms with Crippen LogP contribution < -0.4 is 10.1 Å². The number of hydrogen-bond donors (Lipinski definition) is 1. The zero-order valence-electron chi connectivity index (χ0n) is 19.1. The van der Waals surface area contributed by atoms with Crippen molar-refractivity contribution in [1.82, 2.24) is 24.7 Å². The number of piperidine rings is 1. The molecule has 2 aliphatic heterocycles. The standard InChI is InChI=1S/C26H31N5O2/c1-29-19-27-17-22(29)18-30-14-11-21(12-15-30)31-25(20-7-3-2-4-8-20)23-9-5-6-10-24(23)33-16-13-28-26(31)32/h2-10,17,19,21,25H,11-16,18H2,1H3,(H,28,32). The summed E-state index contributed by atoms with van der Waals surface area (Å²) in [7, 11) is 2.03. The molecule has 1 saturated heterocycles. The number of carbonyl (C=O) groups is 1. The molecule has 7 nitrogen and oxygen atoms in total. The van der Waals surface area contributed by atoms with Crippen LogP contribution in [0, 0.1) is 0 Å². The topological polar surface area (TPSA) is 62.6 Å². The number of fused-ring (bicyclic) bond motifs is 1. The number of nitrogens with one attached hydrogen (secondary N) is 1. The second-order valence-electron chi connectivity index (χ2n) is 8.84. The summed E-state index contributed by atoms with van der Waals surface area (Å²) in [5.41, 5.74) is 3.35. The van der Waals surface area contributed by atoms with E-state index >= 15 is 0 Å². The van der Waals surface area contributed by atoms with Gasteiger partial charge in [-0.05, 0) is 24.5 Å². The van der Waals surface area contributed by atoms with Crippen LogP contribution in [-0.2, 0) is 13.6 Å². The normalized spacial score (nSPS) is 20.2. The number of likely N-dealkylation sites (tertiary alicyclic amines) is 1.